The second kappa shape index (κ2) is 8.70. The molecule has 0 aliphatic carbocycles. The molecular weight excluding hydrogens is 393 g/mol. The third-order valence-electron chi connectivity index (χ3n) is 5.31. The number of pyridine rings is 1. The van der Waals surface area contributed by atoms with Crippen LogP contribution in [0.15, 0.2) is 60.9 Å². The maximum Gasteiger partial charge on any atom is 0.153 e. The molecule has 2 heterocycles. The van der Waals surface area contributed by atoms with E-state index in [1.54, 1.807) is 19.2 Å². The second-order valence-electron chi connectivity index (χ2n) is 7.60. The van der Waals surface area contributed by atoms with Gasteiger partial charge in [0.2, 0.25) is 0 Å². The first kappa shape index (κ1) is 20.8. The number of nitrogens with zero attached hydrogens (tertiary/aromatic N) is 2. The van der Waals surface area contributed by atoms with Crippen molar-refractivity contribution in [1.29, 1.82) is 0 Å². The topological polar surface area (TPSA) is 70.1 Å². The summed E-state index contributed by atoms with van der Waals surface area (Å²) in [5.41, 5.74) is 9.84. The minimum Gasteiger partial charge on any atom is -0.489 e. The molecule has 4 aromatic rings. The second-order valence-corrected chi connectivity index (χ2v) is 7.60. The van der Waals surface area contributed by atoms with Crippen LogP contribution >= 0.6 is 0 Å². The lowest BCUT2D eigenvalue weighted by Crippen LogP contribution is -2.05. The van der Waals surface area contributed by atoms with Crippen LogP contribution < -0.4 is 10.5 Å². The van der Waals surface area contributed by atoms with Crippen molar-refractivity contribution < 1.29 is 13.9 Å². The van der Waals surface area contributed by atoms with E-state index in [2.05, 4.69) is 4.98 Å². The van der Waals surface area contributed by atoms with Crippen molar-refractivity contribution in [1.82, 2.24) is 9.55 Å². The van der Waals surface area contributed by atoms with E-state index in [0.29, 0.717) is 24.3 Å². The largest absolute Gasteiger partial charge is 0.489 e. The zero-order chi connectivity index (χ0) is 22.0. The summed E-state index contributed by atoms with van der Waals surface area (Å²) in [6.45, 7) is 1.89. The number of nitrogens with two attached hydrogens (primary N) is 1. The number of halogens is 1. The van der Waals surface area contributed by atoms with Crippen molar-refractivity contribution >= 4 is 16.7 Å². The summed E-state index contributed by atoms with van der Waals surface area (Å²) in [5, 5.41) is 0.941. The SMILES string of the molecule is CC(=O)Cc1ccccc1OCc1cc(-c2ccnc(CN)c2F)c2ccn(C)c2c1. The van der Waals surface area contributed by atoms with Gasteiger partial charge < -0.3 is 15.0 Å². The van der Waals surface area contributed by atoms with E-state index in [-0.39, 0.29) is 18.0 Å². The van der Waals surface area contributed by atoms with Gasteiger partial charge in [0.1, 0.15) is 18.1 Å². The number of carbonyl (C=O) groups excluding carboxylic acids is 1. The average Bonchev–Trinajstić information content (AvgIpc) is 3.13. The quantitative estimate of drug-likeness (QED) is 0.479. The molecule has 158 valence electrons. The molecule has 0 aliphatic heterocycles. The third kappa shape index (κ3) is 4.20. The third-order valence-corrected chi connectivity index (χ3v) is 5.31. The van der Waals surface area contributed by atoms with Crippen LogP contribution in [0.2, 0.25) is 0 Å². The number of carbonyl (C=O) groups is 1. The molecule has 0 bridgehead atoms. The smallest absolute Gasteiger partial charge is 0.153 e. The van der Waals surface area contributed by atoms with Gasteiger partial charge in [0.15, 0.2) is 5.82 Å². The van der Waals surface area contributed by atoms with Gasteiger partial charge in [0.05, 0.1) is 5.69 Å². The Bertz CT molecular complexity index is 1260. The number of Topliss-reactive ketones (excluding diaryl/α,β-unsaturated/α-hetero) is 1. The Kier molecular flexibility index (Phi) is 5.82. The van der Waals surface area contributed by atoms with Crippen LogP contribution in [0.3, 0.4) is 0 Å². The molecule has 0 atom stereocenters. The number of rotatable bonds is 7. The van der Waals surface area contributed by atoms with E-state index >= 15 is 4.39 Å². The Morgan fingerprint density at radius 3 is 2.74 bits per heavy atom. The number of ketones is 1. The fourth-order valence-corrected chi connectivity index (χ4v) is 3.79. The van der Waals surface area contributed by atoms with Gasteiger partial charge in [-0.3, -0.25) is 9.78 Å². The summed E-state index contributed by atoms with van der Waals surface area (Å²) in [7, 11) is 1.95. The Hall–Kier alpha value is -3.51. The fourth-order valence-electron chi connectivity index (χ4n) is 3.79. The van der Waals surface area contributed by atoms with Crippen molar-refractivity contribution in [3.8, 4) is 16.9 Å². The Morgan fingerprint density at radius 2 is 1.97 bits per heavy atom. The molecule has 0 amide bonds. The lowest BCUT2D eigenvalue weighted by molar-refractivity contribution is -0.116. The molecule has 2 aromatic carbocycles. The van der Waals surface area contributed by atoms with Gasteiger partial charge in [0, 0.05) is 54.4 Å². The molecule has 0 aliphatic rings. The average molecular weight is 417 g/mol. The number of fused-ring (bicyclic) bond motifs is 1. The summed E-state index contributed by atoms with van der Waals surface area (Å²) in [5.74, 6) is 0.346. The van der Waals surface area contributed by atoms with Gasteiger partial charge in [0.25, 0.3) is 0 Å². The van der Waals surface area contributed by atoms with Gasteiger partial charge in [-0.05, 0) is 48.4 Å². The summed E-state index contributed by atoms with van der Waals surface area (Å²) in [6, 6.07) is 15.1. The number of hydrogen-bond acceptors (Lipinski definition) is 4. The Labute approximate surface area is 180 Å². The maximum absolute atomic E-state index is 15.0. The summed E-state index contributed by atoms with van der Waals surface area (Å²) in [6.07, 6.45) is 3.85. The normalized spacial score (nSPS) is 11.1. The molecule has 0 radical (unpaired) electrons. The number of para-hydroxylation sites is 1. The highest BCUT2D eigenvalue weighted by atomic mass is 19.1. The highest BCUT2D eigenvalue weighted by Gasteiger charge is 2.16. The molecule has 2 aromatic heterocycles. The van der Waals surface area contributed by atoms with Crippen molar-refractivity contribution in [2.75, 3.05) is 0 Å². The van der Waals surface area contributed by atoms with Crippen LogP contribution in [0.25, 0.3) is 22.0 Å². The standard InChI is InChI=1S/C25H24FN3O2/c1-16(30)11-18-5-3-4-6-24(18)31-15-17-12-21(19-8-10-29(2)23(19)13-17)20-7-9-28-22(14-27)25(20)26/h3-10,12-13H,11,14-15,27H2,1-2H3. The first-order chi connectivity index (χ1) is 15.0. The van der Waals surface area contributed by atoms with Crippen LogP contribution in [-0.4, -0.2) is 15.3 Å². The summed E-state index contributed by atoms with van der Waals surface area (Å²) in [4.78, 5) is 15.6. The van der Waals surface area contributed by atoms with Crippen LogP contribution in [0.1, 0.15) is 23.7 Å². The van der Waals surface area contributed by atoms with E-state index in [4.69, 9.17) is 10.5 Å². The van der Waals surface area contributed by atoms with Gasteiger partial charge in [-0.1, -0.05) is 18.2 Å². The molecule has 0 unspecified atom stereocenters. The zero-order valence-corrected chi connectivity index (χ0v) is 17.6. The molecule has 4 rings (SSSR count). The van der Waals surface area contributed by atoms with E-state index < -0.39 is 5.82 Å². The molecule has 31 heavy (non-hydrogen) atoms. The van der Waals surface area contributed by atoms with Gasteiger partial charge >= 0.3 is 0 Å². The fraction of sp³-hybridized carbons (Fsp3) is 0.200. The van der Waals surface area contributed by atoms with E-state index in [1.807, 2.05) is 60.3 Å². The summed E-state index contributed by atoms with van der Waals surface area (Å²) >= 11 is 0. The zero-order valence-electron chi connectivity index (χ0n) is 17.6. The Balaban J connectivity index is 1.74. The Morgan fingerprint density at radius 1 is 1.16 bits per heavy atom. The van der Waals surface area contributed by atoms with Gasteiger partial charge in [-0.25, -0.2) is 4.39 Å². The van der Waals surface area contributed by atoms with Crippen molar-refractivity contribution in [3.05, 3.63) is 83.6 Å². The van der Waals surface area contributed by atoms with Gasteiger partial charge in [-0.2, -0.15) is 0 Å². The predicted molar refractivity (Wildman–Crippen MR) is 119 cm³/mol. The van der Waals surface area contributed by atoms with Crippen LogP contribution in [0, 0.1) is 5.82 Å². The van der Waals surface area contributed by atoms with Crippen LogP contribution in [0.4, 0.5) is 4.39 Å². The predicted octanol–water partition coefficient (Wildman–Crippen LogP) is 4.55. The number of hydrogen-bond donors (Lipinski definition) is 1. The van der Waals surface area contributed by atoms with Crippen molar-refractivity contribution in [2.45, 2.75) is 26.5 Å². The lowest BCUT2D eigenvalue weighted by atomic mass is 9.98. The van der Waals surface area contributed by atoms with E-state index in [1.165, 1.54) is 0 Å². The molecule has 0 spiro atoms. The number of ether oxygens (including phenoxy) is 1. The maximum atomic E-state index is 15.0. The lowest BCUT2D eigenvalue weighted by Gasteiger charge is -2.14. The van der Waals surface area contributed by atoms with E-state index in [0.717, 1.165) is 27.6 Å². The van der Waals surface area contributed by atoms with Gasteiger partial charge in [-0.15, -0.1) is 0 Å². The van der Waals surface area contributed by atoms with Crippen molar-refractivity contribution in [3.63, 3.8) is 0 Å². The van der Waals surface area contributed by atoms with Crippen molar-refractivity contribution in [2.24, 2.45) is 12.8 Å². The molecule has 0 saturated carbocycles. The van der Waals surface area contributed by atoms with E-state index in [9.17, 15) is 4.79 Å². The van der Waals surface area contributed by atoms with Crippen LogP contribution in [-0.2, 0) is 31.4 Å². The highest BCUT2D eigenvalue weighted by molar-refractivity contribution is 5.96. The first-order valence-electron chi connectivity index (χ1n) is 10.1. The number of benzene rings is 2. The number of aryl methyl sites for hydroxylation is 1. The highest BCUT2D eigenvalue weighted by Crippen LogP contribution is 2.33. The summed E-state index contributed by atoms with van der Waals surface area (Å²) < 4.78 is 23.1. The molecule has 0 fully saturated rings. The molecule has 5 nitrogen and oxygen atoms in total. The molecule has 2 N–H and O–H groups in total. The minimum atomic E-state index is -0.403. The molecule has 0 saturated heterocycles. The first-order valence-corrected chi connectivity index (χ1v) is 10.1. The molecule has 6 heteroatoms. The monoisotopic (exact) mass is 417 g/mol. The van der Waals surface area contributed by atoms with Crippen LogP contribution in [0.5, 0.6) is 5.75 Å². The molecular formula is C25H24FN3O2. The number of aromatic nitrogens is 2. The minimum absolute atomic E-state index is 0.0351.